The molecule has 0 saturated carbocycles. The minimum absolute atomic E-state index is 0.218. The molecule has 0 unspecified atom stereocenters. The highest BCUT2D eigenvalue weighted by atomic mass is 19.1. The Bertz CT molecular complexity index is 847. The van der Waals surface area contributed by atoms with Crippen molar-refractivity contribution in [2.24, 2.45) is 0 Å². The number of nitrogens with zero attached hydrogens (tertiary/aromatic N) is 1. The van der Waals surface area contributed by atoms with Crippen molar-refractivity contribution in [3.05, 3.63) is 70.0 Å². The fourth-order valence-corrected chi connectivity index (χ4v) is 2.63. The molecule has 1 heterocycles. The number of carbonyl (C=O) groups excluding carboxylic acids is 1. The third-order valence-corrected chi connectivity index (χ3v) is 3.67. The Labute approximate surface area is 127 Å². The minimum Gasteiger partial charge on any atom is -0.488 e. The Balaban J connectivity index is 2.32. The summed E-state index contributed by atoms with van der Waals surface area (Å²) in [4.78, 5) is 11.0. The molecule has 3 rings (SSSR count). The highest BCUT2D eigenvalue weighted by molar-refractivity contribution is 5.89. The van der Waals surface area contributed by atoms with E-state index in [9.17, 15) is 14.4 Å². The average Bonchev–Trinajstić information content (AvgIpc) is 2.70. The third-order valence-electron chi connectivity index (χ3n) is 3.67. The van der Waals surface area contributed by atoms with E-state index >= 15 is 0 Å². The first-order valence-electron chi connectivity index (χ1n) is 6.76. The Hall–Kier alpha value is -2.93. The van der Waals surface area contributed by atoms with Gasteiger partial charge in [-0.1, -0.05) is 12.1 Å². The summed E-state index contributed by atoms with van der Waals surface area (Å²) in [6.07, 6.45) is 0.762. The fraction of sp³-hybridized carbons (Fsp3) is 0.111. The molecule has 0 spiro atoms. The molecule has 2 aromatic carbocycles. The zero-order chi connectivity index (χ0) is 15.7. The summed E-state index contributed by atoms with van der Waals surface area (Å²) in [5, 5.41) is 9.31. The SMILES string of the molecule is C/C(C#N)=C1\c2ccc(C=O)cc2COc2cc(F)ccc21. The predicted octanol–water partition coefficient (Wildman–Crippen LogP) is 3.88. The van der Waals surface area contributed by atoms with Crippen molar-refractivity contribution in [2.75, 3.05) is 0 Å². The minimum atomic E-state index is -0.396. The number of fused-ring (bicyclic) bond motifs is 2. The highest BCUT2D eigenvalue weighted by Crippen LogP contribution is 2.39. The lowest BCUT2D eigenvalue weighted by Crippen LogP contribution is -1.97. The summed E-state index contributed by atoms with van der Waals surface area (Å²) < 4.78 is 19.2. The third kappa shape index (κ3) is 2.27. The second-order valence-corrected chi connectivity index (χ2v) is 5.08. The van der Waals surface area contributed by atoms with E-state index in [-0.39, 0.29) is 6.61 Å². The first-order valence-corrected chi connectivity index (χ1v) is 6.76. The molecule has 0 aliphatic carbocycles. The summed E-state index contributed by atoms with van der Waals surface area (Å²) in [6.45, 7) is 1.93. The lowest BCUT2D eigenvalue weighted by molar-refractivity contribution is 0.112. The second-order valence-electron chi connectivity index (χ2n) is 5.08. The maximum Gasteiger partial charge on any atom is 0.150 e. The van der Waals surface area contributed by atoms with Crippen molar-refractivity contribution in [2.45, 2.75) is 13.5 Å². The van der Waals surface area contributed by atoms with E-state index < -0.39 is 5.82 Å². The number of benzene rings is 2. The van der Waals surface area contributed by atoms with Crippen LogP contribution in [0.2, 0.25) is 0 Å². The predicted molar refractivity (Wildman–Crippen MR) is 79.9 cm³/mol. The lowest BCUT2D eigenvalue weighted by Gasteiger charge is -2.11. The molecule has 108 valence electrons. The first kappa shape index (κ1) is 14.0. The average molecular weight is 293 g/mol. The largest absolute Gasteiger partial charge is 0.488 e. The molecule has 0 bridgehead atoms. The van der Waals surface area contributed by atoms with Crippen molar-refractivity contribution < 1.29 is 13.9 Å². The van der Waals surface area contributed by atoms with Crippen LogP contribution in [0.4, 0.5) is 4.39 Å². The molecule has 3 nitrogen and oxygen atoms in total. The monoisotopic (exact) mass is 293 g/mol. The van der Waals surface area contributed by atoms with Crippen LogP contribution in [0.25, 0.3) is 5.57 Å². The van der Waals surface area contributed by atoms with Gasteiger partial charge >= 0.3 is 0 Å². The van der Waals surface area contributed by atoms with Crippen molar-refractivity contribution in [3.8, 4) is 11.8 Å². The van der Waals surface area contributed by atoms with Gasteiger partial charge in [-0.25, -0.2) is 4.39 Å². The number of hydrogen-bond acceptors (Lipinski definition) is 3. The van der Waals surface area contributed by atoms with Crippen LogP contribution in [-0.4, -0.2) is 6.29 Å². The smallest absolute Gasteiger partial charge is 0.150 e. The zero-order valence-electron chi connectivity index (χ0n) is 11.9. The van der Waals surface area contributed by atoms with Crippen LogP contribution in [0.3, 0.4) is 0 Å². The maximum atomic E-state index is 13.5. The summed E-state index contributed by atoms with van der Waals surface area (Å²) in [7, 11) is 0. The number of nitriles is 1. The number of ether oxygens (including phenoxy) is 1. The summed E-state index contributed by atoms with van der Waals surface area (Å²) in [5.74, 6) is 0.000649. The molecule has 4 heteroatoms. The van der Waals surface area contributed by atoms with Gasteiger partial charge in [-0.05, 0) is 36.2 Å². The Kier molecular flexibility index (Phi) is 3.48. The molecule has 0 amide bonds. The number of halogens is 1. The molecule has 1 aliphatic rings. The van der Waals surface area contributed by atoms with Gasteiger partial charge in [0.05, 0.1) is 6.07 Å². The van der Waals surface area contributed by atoms with Gasteiger partial charge in [0.2, 0.25) is 0 Å². The molecule has 0 fully saturated rings. The van der Waals surface area contributed by atoms with Crippen LogP contribution in [0.15, 0.2) is 42.0 Å². The molecule has 0 N–H and O–H groups in total. The highest BCUT2D eigenvalue weighted by Gasteiger charge is 2.22. The van der Waals surface area contributed by atoms with Crippen LogP contribution < -0.4 is 4.74 Å². The Morgan fingerprint density at radius 2 is 2.05 bits per heavy atom. The molecule has 2 aromatic rings. The first-order chi connectivity index (χ1) is 10.6. The molecule has 0 radical (unpaired) electrons. The van der Waals surface area contributed by atoms with Gasteiger partial charge in [-0.3, -0.25) is 4.79 Å². The molecular formula is C18H12FNO2. The fourth-order valence-electron chi connectivity index (χ4n) is 2.63. The maximum absolute atomic E-state index is 13.5. The van der Waals surface area contributed by atoms with Crippen molar-refractivity contribution in [1.82, 2.24) is 0 Å². The Morgan fingerprint density at radius 3 is 2.77 bits per heavy atom. The van der Waals surface area contributed by atoms with E-state index in [1.54, 1.807) is 31.2 Å². The normalized spacial score (nSPS) is 14.8. The van der Waals surface area contributed by atoms with Crippen LogP contribution >= 0.6 is 0 Å². The molecule has 0 atom stereocenters. The number of aldehydes is 1. The van der Waals surface area contributed by atoms with Crippen LogP contribution in [0.5, 0.6) is 5.75 Å². The van der Waals surface area contributed by atoms with Gasteiger partial charge in [0.1, 0.15) is 24.5 Å². The number of hydrogen-bond donors (Lipinski definition) is 0. The van der Waals surface area contributed by atoms with Gasteiger partial charge in [-0.15, -0.1) is 0 Å². The van der Waals surface area contributed by atoms with Gasteiger partial charge in [0.25, 0.3) is 0 Å². The van der Waals surface area contributed by atoms with Gasteiger partial charge in [0, 0.05) is 28.3 Å². The molecule has 1 aliphatic heterocycles. The number of rotatable bonds is 1. The van der Waals surface area contributed by atoms with E-state index in [0.29, 0.717) is 28.0 Å². The molecular weight excluding hydrogens is 281 g/mol. The quantitative estimate of drug-likeness (QED) is 0.592. The summed E-state index contributed by atoms with van der Waals surface area (Å²) >= 11 is 0. The number of carbonyl (C=O) groups is 1. The van der Waals surface area contributed by atoms with E-state index in [0.717, 1.165) is 17.4 Å². The van der Waals surface area contributed by atoms with Gasteiger partial charge in [0.15, 0.2) is 0 Å². The van der Waals surface area contributed by atoms with E-state index in [1.807, 2.05) is 0 Å². The van der Waals surface area contributed by atoms with Gasteiger partial charge in [-0.2, -0.15) is 5.26 Å². The Morgan fingerprint density at radius 1 is 1.27 bits per heavy atom. The molecule has 22 heavy (non-hydrogen) atoms. The molecule has 0 aromatic heterocycles. The van der Waals surface area contributed by atoms with E-state index in [4.69, 9.17) is 4.74 Å². The van der Waals surface area contributed by atoms with Crippen molar-refractivity contribution in [3.63, 3.8) is 0 Å². The van der Waals surface area contributed by atoms with Crippen LogP contribution in [-0.2, 0) is 6.61 Å². The summed E-state index contributed by atoms with van der Waals surface area (Å²) in [5.41, 5.74) is 4.06. The van der Waals surface area contributed by atoms with Crippen LogP contribution in [0.1, 0.15) is 34.0 Å². The second kappa shape index (κ2) is 5.45. The van der Waals surface area contributed by atoms with Crippen molar-refractivity contribution >= 4 is 11.9 Å². The van der Waals surface area contributed by atoms with E-state index in [2.05, 4.69) is 6.07 Å². The van der Waals surface area contributed by atoms with Gasteiger partial charge < -0.3 is 4.74 Å². The van der Waals surface area contributed by atoms with Crippen molar-refractivity contribution in [1.29, 1.82) is 5.26 Å². The summed E-state index contributed by atoms with van der Waals surface area (Å²) in [6, 6.07) is 11.7. The standard InChI is InChI=1S/C18H12FNO2/c1-11(8-20)18-15-4-2-12(9-21)6-13(15)10-22-17-7-14(19)3-5-16(17)18/h2-7,9H,10H2,1H3/b18-11-. The number of allylic oxidation sites excluding steroid dienone is 1. The topological polar surface area (TPSA) is 50.1 Å². The molecule has 0 saturated heterocycles. The van der Waals surface area contributed by atoms with E-state index in [1.165, 1.54) is 12.1 Å². The van der Waals surface area contributed by atoms with Crippen LogP contribution in [0, 0.1) is 17.1 Å². The zero-order valence-corrected chi connectivity index (χ0v) is 11.9. The lowest BCUT2D eigenvalue weighted by atomic mass is 9.90.